The normalized spacial score (nSPS) is 12.2. The molecule has 4 heteroatoms. The SMILES string of the molecule is O=C(O)CC(Cc1cc2ccc(I)cc2[nH]1)c1ccc(-c2ccccc2)cc1. The van der Waals surface area contributed by atoms with Gasteiger partial charge in [-0.2, -0.15) is 0 Å². The monoisotopic (exact) mass is 481 g/mol. The van der Waals surface area contributed by atoms with Crippen molar-refractivity contribution in [1.82, 2.24) is 4.98 Å². The zero-order chi connectivity index (χ0) is 19.5. The summed E-state index contributed by atoms with van der Waals surface area (Å²) < 4.78 is 1.18. The Balaban J connectivity index is 1.61. The molecule has 0 amide bonds. The molecule has 0 radical (unpaired) electrons. The van der Waals surface area contributed by atoms with E-state index in [1.165, 1.54) is 3.57 Å². The minimum atomic E-state index is -0.775. The first kappa shape index (κ1) is 18.7. The topological polar surface area (TPSA) is 53.1 Å². The van der Waals surface area contributed by atoms with Crippen molar-refractivity contribution in [3.05, 3.63) is 93.7 Å². The van der Waals surface area contributed by atoms with Crippen molar-refractivity contribution in [1.29, 1.82) is 0 Å². The molecule has 1 atom stereocenters. The summed E-state index contributed by atoms with van der Waals surface area (Å²) in [6, 6.07) is 26.9. The fraction of sp³-hybridized carbons (Fsp3) is 0.125. The largest absolute Gasteiger partial charge is 0.481 e. The van der Waals surface area contributed by atoms with Crippen LogP contribution in [0.2, 0.25) is 0 Å². The van der Waals surface area contributed by atoms with E-state index in [0.29, 0.717) is 6.42 Å². The average molecular weight is 481 g/mol. The minimum Gasteiger partial charge on any atom is -0.481 e. The molecular formula is C24H20INO2. The van der Waals surface area contributed by atoms with Crippen molar-refractivity contribution in [2.75, 3.05) is 0 Å². The van der Waals surface area contributed by atoms with Crippen molar-refractivity contribution in [3.8, 4) is 11.1 Å². The van der Waals surface area contributed by atoms with Crippen molar-refractivity contribution in [2.45, 2.75) is 18.8 Å². The van der Waals surface area contributed by atoms with Crippen LogP contribution in [0, 0.1) is 3.57 Å². The van der Waals surface area contributed by atoms with Gasteiger partial charge in [0.05, 0.1) is 6.42 Å². The molecule has 0 aliphatic heterocycles. The van der Waals surface area contributed by atoms with Gasteiger partial charge in [-0.15, -0.1) is 0 Å². The lowest BCUT2D eigenvalue weighted by Gasteiger charge is -2.15. The number of aromatic nitrogens is 1. The molecule has 4 rings (SSSR count). The van der Waals surface area contributed by atoms with Crippen LogP contribution in [-0.2, 0) is 11.2 Å². The summed E-state index contributed by atoms with van der Waals surface area (Å²) in [7, 11) is 0. The Morgan fingerprint density at radius 3 is 2.36 bits per heavy atom. The van der Waals surface area contributed by atoms with Crippen LogP contribution >= 0.6 is 22.6 Å². The Bertz CT molecular complexity index is 1100. The van der Waals surface area contributed by atoms with Crippen LogP contribution in [0.5, 0.6) is 0 Å². The zero-order valence-corrected chi connectivity index (χ0v) is 17.4. The van der Waals surface area contributed by atoms with Gasteiger partial charge in [-0.05, 0) is 75.2 Å². The Morgan fingerprint density at radius 2 is 1.64 bits per heavy atom. The maximum atomic E-state index is 11.5. The Labute approximate surface area is 177 Å². The molecule has 0 bridgehead atoms. The second-order valence-corrected chi connectivity index (χ2v) is 8.26. The summed E-state index contributed by atoms with van der Waals surface area (Å²) in [6.45, 7) is 0. The van der Waals surface area contributed by atoms with Crippen molar-refractivity contribution in [2.24, 2.45) is 0 Å². The molecule has 0 spiro atoms. The summed E-state index contributed by atoms with van der Waals surface area (Å²) in [6.07, 6.45) is 0.778. The van der Waals surface area contributed by atoms with Gasteiger partial charge in [0.1, 0.15) is 0 Å². The number of hydrogen-bond acceptors (Lipinski definition) is 1. The number of nitrogens with one attached hydrogen (secondary N) is 1. The molecule has 4 aromatic rings. The maximum Gasteiger partial charge on any atom is 0.303 e. The first-order valence-corrected chi connectivity index (χ1v) is 10.3. The first-order valence-electron chi connectivity index (χ1n) is 9.23. The molecule has 0 aliphatic carbocycles. The lowest BCUT2D eigenvalue weighted by Crippen LogP contribution is -2.09. The van der Waals surface area contributed by atoms with E-state index in [1.807, 2.05) is 18.2 Å². The second kappa shape index (κ2) is 8.19. The molecule has 1 heterocycles. The Hall–Kier alpha value is -2.60. The molecule has 28 heavy (non-hydrogen) atoms. The van der Waals surface area contributed by atoms with E-state index in [-0.39, 0.29) is 12.3 Å². The second-order valence-electron chi connectivity index (χ2n) is 7.01. The number of carboxylic acids is 1. The molecule has 1 unspecified atom stereocenters. The highest BCUT2D eigenvalue weighted by Gasteiger charge is 2.18. The van der Waals surface area contributed by atoms with Gasteiger partial charge in [-0.25, -0.2) is 0 Å². The predicted molar refractivity (Wildman–Crippen MR) is 122 cm³/mol. The van der Waals surface area contributed by atoms with E-state index in [1.54, 1.807) is 0 Å². The zero-order valence-electron chi connectivity index (χ0n) is 15.2. The van der Waals surface area contributed by atoms with Crippen molar-refractivity contribution >= 4 is 39.5 Å². The van der Waals surface area contributed by atoms with E-state index < -0.39 is 5.97 Å². The molecule has 0 saturated heterocycles. The first-order chi connectivity index (χ1) is 13.6. The number of fused-ring (bicyclic) bond motifs is 1. The van der Waals surface area contributed by atoms with Gasteiger partial charge in [0.15, 0.2) is 0 Å². The third-order valence-electron chi connectivity index (χ3n) is 5.02. The number of H-pyrrole nitrogens is 1. The summed E-state index contributed by atoms with van der Waals surface area (Å²) in [4.78, 5) is 14.9. The lowest BCUT2D eigenvalue weighted by atomic mass is 9.90. The summed E-state index contributed by atoms with van der Waals surface area (Å²) >= 11 is 2.30. The molecule has 3 aromatic carbocycles. The van der Waals surface area contributed by atoms with E-state index in [0.717, 1.165) is 33.3 Å². The highest BCUT2D eigenvalue weighted by molar-refractivity contribution is 14.1. The van der Waals surface area contributed by atoms with Gasteiger partial charge >= 0.3 is 5.97 Å². The lowest BCUT2D eigenvalue weighted by molar-refractivity contribution is -0.137. The average Bonchev–Trinajstić information content (AvgIpc) is 3.09. The number of carbonyl (C=O) groups is 1. The minimum absolute atomic E-state index is 0.0746. The number of halogens is 1. The van der Waals surface area contributed by atoms with E-state index in [9.17, 15) is 9.90 Å². The molecule has 140 valence electrons. The summed E-state index contributed by atoms with van der Waals surface area (Å²) in [5, 5.41) is 10.6. The van der Waals surface area contributed by atoms with Gasteiger partial charge in [-0.3, -0.25) is 4.79 Å². The summed E-state index contributed by atoms with van der Waals surface area (Å²) in [5.74, 6) is -0.850. The van der Waals surface area contributed by atoms with Gasteiger partial charge < -0.3 is 10.1 Å². The maximum absolute atomic E-state index is 11.5. The fourth-order valence-corrected chi connectivity index (χ4v) is 4.12. The quantitative estimate of drug-likeness (QED) is 0.321. The van der Waals surface area contributed by atoms with Crippen LogP contribution in [0.3, 0.4) is 0 Å². The number of benzene rings is 3. The number of rotatable bonds is 6. The highest BCUT2D eigenvalue weighted by atomic mass is 127. The number of hydrogen-bond donors (Lipinski definition) is 2. The van der Waals surface area contributed by atoms with Crippen LogP contribution < -0.4 is 0 Å². The smallest absolute Gasteiger partial charge is 0.303 e. The predicted octanol–water partition coefficient (Wildman–Crippen LogP) is 6.24. The van der Waals surface area contributed by atoms with Crippen LogP contribution in [-0.4, -0.2) is 16.1 Å². The molecule has 2 N–H and O–H groups in total. The van der Waals surface area contributed by atoms with E-state index >= 15 is 0 Å². The van der Waals surface area contributed by atoms with Gasteiger partial charge in [0, 0.05) is 14.8 Å². The molecular weight excluding hydrogens is 461 g/mol. The molecule has 0 aliphatic rings. The van der Waals surface area contributed by atoms with E-state index in [4.69, 9.17) is 0 Å². The van der Waals surface area contributed by atoms with Gasteiger partial charge in [-0.1, -0.05) is 60.7 Å². The number of aromatic amines is 1. The number of aliphatic carboxylic acids is 1. The van der Waals surface area contributed by atoms with Crippen LogP contribution in [0.1, 0.15) is 23.6 Å². The molecule has 1 aromatic heterocycles. The Morgan fingerprint density at radius 1 is 0.929 bits per heavy atom. The fourth-order valence-electron chi connectivity index (χ4n) is 3.63. The third-order valence-corrected chi connectivity index (χ3v) is 5.69. The van der Waals surface area contributed by atoms with Crippen molar-refractivity contribution in [3.63, 3.8) is 0 Å². The van der Waals surface area contributed by atoms with Crippen LogP contribution in [0.15, 0.2) is 78.9 Å². The Kier molecular flexibility index (Phi) is 5.48. The summed E-state index contributed by atoms with van der Waals surface area (Å²) in [5.41, 5.74) is 5.51. The van der Waals surface area contributed by atoms with Gasteiger partial charge in [0.25, 0.3) is 0 Å². The highest BCUT2D eigenvalue weighted by Crippen LogP contribution is 2.29. The molecule has 0 fully saturated rings. The molecule has 3 nitrogen and oxygen atoms in total. The molecule has 0 saturated carbocycles. The van der Waals surface area contributed by atoms with Crippen molar-refractivity contribution < 1.29 is 9.90 Å². The standard InChI is InChI=1S/C24H20INO2/c25-21-11-10-19-12-22(26-23(19)15-21)13-20(14-24(27)28)18-8-6-17(7-9-18)16-4-2-1-3-5-16/h1-12,15,20,26H,13-14H2,(H,27,28). The van der Waals surface area contributed by atoms with Crippen LogP contribution in [0.25, 0.3) is 22.0 Å². The van der Waals surface area contributed by atoms with Gasteiger partial charge in [0.2, 0.25) is 0 Å². The third kappa shape index (κ3) is 4.28. The van der Waals surface area contributed by atoms with Crippen LogP contribution in [0.4, 0.5) is 0 Å². The number of carboxylic acid groups (broad SMARTS) is 1. The van der Waals surface area contributed by atoms with E-state index in [2.05, 4.69) is 88.2 Å².